The number of anilines is 2. The summed E-state index contributed by atoms with van der Waals surface area (Å²) in [4.78, 5) is 22.6. The molecule has 21 heavy (non-hydrogen) atoms. The first-order chi connectivity index (χ1) is 9.81. The first-order valence-electron chi connectivity index (χ1n) is 5.90. The number of ether oxygens (including phenoxy) is 2. The largest absolute Gasteiger partial charge is 0.573 e. The molecule has 0 atom stereocenters. The Balaban J connectivity index is 2.13. The van der Waals surface area contributed by atoms with Crippen molar-refractivity contribution in [3.8, 4) is 11.5 Å². The molecule has 8 heteroatoms. The SMILES string of the molecule is CCOc1c(Nc2ccc(OC(F)(F)F)cc2)c(=O)c1=O. The lowest BCUT2D eigenvalue weighted by Gasteiger charge is -2.13. The van der Waals surface area contributed by atoms with E-state index < -0.39 is 17.2 Å². The summed E-state index contributed by atoms with van der Waals surface area (Å²) in [5.41, 5.74) is -1.13. The minimum Gasteiger partial charge on any atom is -0.488 e. The minimum atomic E-state index is -4.77. The summed E-state index contributed by atoms with van der Waals surface area (Å²) in [5.74, 6) is -0.457. The second-order valence-corrected chi connectivity index (χ2v) is 3.99. The number of benzene rings is 1. The van der Waals surface area contributed by atoms with E-state index in [0.29, 0.717) is 5.69 Å². The van der Waals surface area contributed by atoms with E-state index >= 15 is 0 Å². The van der Waals surface area contributed by atoms with E-state index in [0.717, 1.165) is 12.1 Å². The average Bonchev–Trinajstić information content (AvgIpc) is 2.42. The number of rotatable bonds is 5. The van der Waals surface area contributed by atoms with E-state index in [9.17, 15) is 22.8 Å². The van der Waals surface area contributed by atoms with Crippen LogP contribution in [0.2, 0.25) is 0 Å². The van der Waals surface area contributed by atoms with Gasteiger partial charge in [-0.25, -0.2) is 0 Å². The zero-order valence-electron chi connectivity index (χ0n) is 10.8. The van der Waals surface area contributed by atoms with Crippen molar-refractivity contribution in [1.82, 2.24) is 0 Å². The third kappa shape index (κ3) is 3.33. The quantitative estimate of drug-likeness (QED) is 0.859. The summed E-state index contributed by atoms with van der Waals surface area (Å²) in [7, 11) is 0. The van der Waals surface area contributed by atoms with Crippen LogP contribution in [-0.4, -0.2) is 13.0 Å². The summed E-state index contributed by atoms with van der Waals surface area (Å²) in [6.45, 7) is 1.88. The van der Waals surface area contributed by atoms with Crippen LogP contribution < -0.4 is 25.6 Å². The summed E-state index contributed by atoms with van der Waals surface area (Å²) in [6.07, 6.45) is -4.77. The molecule has 1 N–H and O–H groups in total. The predicted molar refractivity (Wildman–Crippen MR) is 68.9 cm³/mol. The van der Waals surface area contributed by atoms with Gasteiger partial charge in [0.1, 0.15) is 11.4 Å². The third-order valence-electron chi connectivity index (χ3n) is 2.51. The lowest BCUT2D eigenvalue weighted by Crippen LogP contribution is -2.35. The highest BCUT2D eigenvalue weighted by Gasteiger charge is 2.31. The van der Waals surface area contributed by atoms with Gasteiger partial charge in [-0.2, -0.15) is 0 Å². The van der Waals surface area contributed by atoms with E-state index in [1.165, 1.54) is 12.1 Å². The molecular weight excluding hydrogens is 291 g/mol. The van der Waals surface area contributed by atoms with Gasteiger partial charge in [0.2, 0.25) is 0 Å². The molecule has 0 heterocycles. The van der Waals surface area contributed by atoms with Gasteiger partial charge in [-0.3, -0.25) is 9.59 Å². The lowest BCUT2D eigenvalue weighted by molar-refractivity contribution is -0.274. The molecule has 2 aromatic carbocycles. The second-order valence-electron chi connectivity index (χ2n) is 3.99. The van der Waals surface area contributed by atoms with E-state index in [2.05, 4.69) is 10.1 Å². The lowest BCUT2D eigenvalue weighted by atomic mass is 10.2. The fraction of sp³-hybridized carbons (Fsp3) is 0.231. The maximum Gasteiger partial charge on any atom is 0.573 e. The van der Waals surface area contributed by atoms with E-state index in [1.807, 2.05) is 0 Å². The van der Waals surface area contributed by atoms with Crippen molar-refractivity contribution in [2.24, 2.45) is 0 Å². The van der Waals surface area contributed by atoms with Gasteiger partial charge in [-0.05, 0) is 31.2 Å². The van der Waals surface area contributed by atoms with Crippen LogP contribution in [0.1, 0.15) is 6.92 Å². The Morgan fingerprint density at radius 3 is 2.24 bits per heavy atom. The molecule has 0 saturated heterocycles. The van der Waals surface area contributed by atoms with Gasteiger partial charge in [-0.15, -0.1) is 13.2 Å². The maximum absolute atomic E-state index is 12.0. The predicted octanol–water partition coefficient (Wildman–Crippen LogP) is 2.32. The van der Waals surface area contributed by atoms with Gasteiger partial charge >= 0.3 is 6.36 Å². The molecule has 2 aromatic rings. The van der Waals surface area contributed by atoms with Crippen LogP contribution in [0.4, 0.5) is 24.5 Å². The first-order valence-corrected chi connectivity index (χ1v) is 5.90. The monoisotopic (exact) mass is 301 g/mol. The van der Waals surface area contributed by atoms with Crippen LogP contribution >= 0.6 is 0 Å². The van der Waals surface area contributed by atoms with Gasteiger partial charge in [0.25, 0.3) is 10.9 Å². The summed E-state index contributed by atoms with van der Waals surface area (Å²) < 4.78 is 44.7. The highest BCUT2D eigenvalue weighted by atomic mass is 19.4. The van der Waals surface area contributed by atoms with Gasteiger partial charge in [-0.1, -0.05) is 0 Å². The standard InChI is InChI=1S/C13H10F3NO4/c1-2-20-12-9(10(18)11(12)19)17-7-3-5-8(6-4-7)21-13(14,15)16/h3-6,17H,2H2,1H3. The Morgan fingerprint density at radius 2 is 1.71 bits per heavy atom. The van der Waals surface area contributed by atoms with Crippen molar-refractivity contribution in [2.45, 2.75) is 13.3 Å². The summed E-state index contributed by atoms with van der Waals surface area (Å²) in [5, 5.41) is 2.63. The second kappa shape index (κ2) is 5.47. The zero-order valence-corrected chi connectivity index (χ0v) is 10.8. The van der Waals surface area contributed by atoms with Crippen LogP contribution in [0.5, 0.6) is 11.5 Å². The molecule has 112 valence electrons. The van der Waals surface area contributed by atoms with Crippen molar-refractivity contribution in [3.63, 3.8) is 0 Å². The number of alkyl halides is 3. The summed E-state index contributed by atoms with van der Waals surface area (Å²) >= 11 is 0. The highest BCUT2D eigenvalue weighted by molar-refractivity contribution is 5.70. The van der Waals surface area contributed by atoms with Gasteiger partial charge in [0, 0.05) is 5.69 Å². The van der Waals surface area contributed by atoms with Crippen molar-refractivity contribution < 1.29 is 22.6 Å². The molecule has 0 fully saturated rings. The fourth-order valence-electron chi connectivity index (χ4n) is 1.65. The smallest absolute Gasteiger partial charge is 0.488 e. The van der Waals surface area contributed by atoms with Crippen molar-refractivity contribution in [1.29, 1.82) is 0 Å². The average molecular weight is 301 g/mol. The van der Waals surface area contributed by atoms with E-state index in [-0.39, 0.29) is 23.8 Å². The van der Waals surface area contributed by atoms with Gasteiger partial charge < -0.3 is 14.8 Å². The molecule has 0 bridgehead atoms. The molecule has 0 spiro atoms. The van der Waals surface area contributed by atoms with Crippen molar-refractivity contribution >= 4 is 11.4 Å². The summed E-state index contributed by atoms with van der Waals surface area (Å²) in [6, 6.07) is 4.74. The van der Waals surface area contributed by atoms with Crippen LogP contribution in [0.25, 0.3) is 0 Å². The molecule has 2 rings (SSSR count). The van der Waals surface area contributed by atoms with Gasteiger partial charge in [0.15, 0.2) is 5.75 Å². The Hall–Kier alpha value is -2.51. The number of hydrogen-bond acceptors (Lipinski definition) is 5. The molecule has 0 radical (unpaired) electrons. The van der Waals surface area contributed by atoms with Crippen LogP contribution in [0, 0.1) is 0 Å². The van der Waals surface area contributed by atoms with E-state index in [1.54, 1.807) is 6.92 Å². The molecule has 0 aromatic heterocycles. The molecule has 5 nitrogen and oxygen atoms in total. The van der Waals surface area contributed by atoms with Crippen LogP contribution in [0.3, 0.4) is 0 Å². The normalized spacial score (nSPS) is 11.4. The number of nitrogens with one attached hydrogen (secondary N) is 1. The molecule has 0 aliphatic carbocycles. The molecule has 0 amide bonds. The van der Waals surface area contributed by atoms with Crippen molar-refractivity contribution in [3.05, 3.63) is 44.7 Å². The van der Waals surface area contributed by atoms with Crippen LogP contribution in [0.15, 0.2) is 33.9 Å². The molecule has 0 aliphatic heterocycles. The Kier molecular flexibility index (Phi) is 3.88. The number of halogens is 3. The first kappa shape index (κ1) is 14.9. The molecule has 0 unspecified atom stereocenters. The highest BCUT2D eigenvalue weighted by Crippen LogP contribution is 2.26. The molecule has 0 saturated carbocycles. The van der Waals surface area contributed by atoms with Crippen molar-refractivity contribution in [2.75, 3.05) is 11.9 Å². The maximum atomic E-state index is 12.0. The molecular formula is C13H10F3NO4. The van der Waals surface area contributed by atoms with Gasteiger partial charge in [0.05, 0.1) is 6.61 Å². The topological polar surface area (TPSA) is 64.6 Å². The Bertz CT molecular complexity index is 700. The third-order valence-corrected chi connectivity index (χ3v) is 2.51. The Morgan fingerprint density at radius 1 is 1.10 bits per heavy atom. The zero-order chi connectivity index (χ0) is 15.6. The Labute approximate surface area is 116 Å². The van der Waals surface area contributed by atoms with Crippen LogP contribution in [-0.2, 0) is 0 Å². The fourth-order valence-corrected chi connectivity index (χ4v) is 1.65. The van der Waals surface area contributed by atoms with E-state index in [4.69, 9.17) is 4.74 Å². The molecule has 0 aliphatic rings. The number of hydrogen-bond donors (Lipinski definition) is 1. The minimum absolute atomic E-state index is 0.00802.